The lowest BCUT2D eigenvalue weighted by Gasteiger charge is -2.37. The quantitative estimate of drug-likeness (QED) is 0.0129. The van der Waals surface area contributed by atoms with Crippen LogP contribution in [0.15, 0.2) is 109 Å². The van der Waals surface area contributed by atoms with Crippen LogP contribution in [-0.2, 0) is 32.5 Å². The number of rotatable bonds is 21. The molecule has 6 rings (SSSR count). The number of hydrogen-bond acceptors (Lipinski definition) is 12. The van der Waals surface area contributed by atoms with Crippen LogP contribution in [0.3, 0.4) is 0 Å². The van der Waals surface area contributed by atoms with Gasteiger partial charge >= 0.3 is 0 Å². The van der Waals surface area contributed by atoms with Gasteiger partial charge in [-0.1, -0.05) is 161 Å². The molecular weight excluding hydrogens is 1210 g/mol. The molecule has 0 saturated heterocycles. The van der Waals surface area contributed by atoms with E-state index in [1.165, 1.54) is 36.4 Å². The van der Waals surface area contributed by atoms with Crippen molar-refractivity contribution in [3.05, 3.63) is 190 Å². The molecule has 0 aliphatic carbocycles. The summed E-state index contributed by atoms with van der Waals surface area (Å²) in [6, 6.07) is 31.9. The Kier molecular flexibility index (Phi) is 23.0. The van der Waals surface area contributed by atoms with Crippen LogP contribution in [0.2, 0.25) is 0 Å². The predicted molar refractivity (Wildman–Crippen MR) is 381 cm³/mol. The van der Waals surface area contributed by atoms with Gasteiger partial charge in [0, 0.05) is 92.8 Å². The minimum Gasteiger partial charge on any atom is -0.491 e. The lowest BCUT2D eigenvalue weighted by Crippen LogP contribution is -2.33. The molecule has 18 nitrogen and oxygen atoms in total. The van der Waals surface area contributed by atoms with Gasteiger partial charge in [0.2, 0.25) is 0 Å². The predicted octanol–water partition coefficient (Wildman–Crippen LogP) is 16.5. The number of nitrogens with one attached hydrogen (secondary N) is 6. The fourth-order valence-corrected chi connectivity index (χ4v) is 10.7. The Morgan fingerprint density at radius 2 is 0.593 bits per heavy atom. The Morgan fingerprint density at radius 1 is 0.374 bits per heavy atom. The summed E-state index contributed by atoms with van der Waals surface area (Å²) in [4.78, 5) is 32.9. The Labute approximate surface area is 553 Å². The smallest absolute Gasteiger partial charge is 0.269 e. The first-order chi connectivity index (χ1) is 42.1. The van der Waals surface area contributed by atoms with Gasteiger partial charge in [-0.3, -0.25) is 30.3 Å². The molecule has 0 aromatic heterocycles. The maximum Gasteiger partial charge on any atom is 0.269 e. The zero-order chi connectivity index (χ0) is 67.8. The topological polar surface area (TPSA) is 229 Å². The summed E-state index contributed by atoms with van der Waals surface area (Å²) >= 11 is 17.3. The van der Waals surface area contributed by atoms with E-state index < -0.39 is 36.9 Å². The van der Waals surface area contributed by atoms with Gasteiger partial charge in [0.05, 0.1) is 34.4 Å². The summed E-state index contributed by atoms with van der Waals surface area (Å²) in [6.45, 7) is 41.2. The minimum atomic E-state index is -0.663. The van der Waals surface area contributed by atoms with Crippen molar-refractivity contribution in [2.45, 2.75) is 163 Å². The Balaban J connectivity index is 1.63. The van der Waals surface area contributed by atoms with Gasteiger partial charge in [0.15, 0.2) is 15.3 Å². The fraction of sp³-hybridized carbons (Fsp3) is 0.443. The van der Waals surface area contributed by atoms with Crippen LogP contribution in [0.5, 0.6) is 17.2 Å². The summed E-state index contributed by atoms with van der Waals surface area (Å²) < 4.78 is 22.0. The zero-order valence-corrected chi connectivity index (χ0v) is 58.4. The molecular formula is C70H91N9O9S3. The van der Waals surface area contributed by atoms with Crippen LogP contribution in [0, 0.1) is 30.3 Å². The van der Waals surface area contributed by atoms with Crippen molar-refractivity contribution in [2.24, 2.45) is 0 Å². The lowest BCUT2D eigenvalue weighted by molar-refractivity contribution is -0.385. The normalized spacial score (nSPS) is 12.2. The van der Waals surface area contributed by atoms with Crippen molar-refractivity contribution in [1.29, 1.82) is 0 Å². The number of nitro groups is 3. The van der Waals surface area contributed by atoms with Crippen molar-refractivity contribution in [3.8, 4) is 17.2 Å². The molecule has 0 amide bonds. The molecule has 0 saturated carbocycles. The number of ether oxygens (including phenoxy) is 3. The molecule has 0 aliphatic rings. The second kappa shape index (κ2) is 29.1. The molecule has 0 unspecified atom stereocenters. The zero-order valence-electron chi connectivity index (χ0n) is 56.0. The second-order valence-electron chi connectivity index (χ2n) is 28.9. The molecule has 0 heterocycles. The lowest BCUT2D eigenvalue weighted by atomic mass is 9.70. The Morgan fingerprint density at radius 3 is 0.780 bits per heavy atom. The second-order valence-corrected chi connectivity index (χ2v) is 30.1. The molecule has 6 aromatic rings. The van der Waals surface area contributed by atoms with Crippen molar-refractivity contribution in [3.63, 3.8) is 0 Å². The monoisotopic (exact) mass is 1300 g/mol. The maximum atomic E-state index is 11.4. The molecule has 91 heavy (non-hydrogen) atoms. The highest BCUT2D eigenvalue weighted by molar-refractivity contribution is 7.80. The molecule has 0 fully saturated rings. The first-order valence-electron chi connectivity index (χ1n) is 30.5. The minimum absolute atomic E-state index is 0.0306. The first-order valence-corrected chi connectivity index (χ1v) is 31.7. The average Bonchev–Trinajstić information content (AvgIpc) is 0.733. The van der Waals surface area contributed by atoms with Crippen molar-refractivity contribution >= 4 is 86.1 Å². The van der Waals surface area contributed by atoms with Gasteiger partial charge in [-0.05, 0) is 122 Å². The van der Waals surface area contributed by atoms with Gasteiger partial charge in [-0.25, -0.2) is 0 Å². The fourth-order valence-electron chi connectivity index (χ4n) is 10.0. The van der Waals surface area contributed by atoms with E-state index in [0.29, 0.717) is 69.3 Å². The van der Waals surface area contributed by atoms with E-state index in [-0.39, 0.29) is 53.1 Å². The molecule has 0 atom stereocenters. The number of nitro benzene ring substituents is 3. The third kappa shape index (κ3) is 19.7. The van der Waals surface area contributed by atoms with E-state index in [2.05, 4.69) is 193 Å². The van der Waals surface area contributed by atoms with E-state index in [1.54, 1.807) is 36.4 Å². The summed E-state index contributed by atoms with van der Waals surface area (Å²) in [5.41, 5.74) is 8.05. The van der Waals surface area contributed by atoms with Gasteiger partial charge in [-0.15, -0.1) is 0 Å². The third-order valence-corrected chi connectivity index (χ3v) is 16.0. The van der Waals surface area contributed by atoms with Crippen LogP contribution in [0.1, 0.15) is 181 Å². The SMILES string of the molecule is CC(C)(C)c1cc(C(c2cc(C(C)(C)C)cc(C(C)(C)C)c2OCCNC(=S)Nc2ccc([N+](=O)[O-])cc2)c2cc(C(C)(C)C)cc(C(C)(C)C)c2OCCNC(=S)Nc2ccc([N+](=O)[O-])cc2)c(OCCNC(=S)Nc2ccc([N+](=O)[O-])cc2)c(C(C)(C)C)c1. The van der Waals surface area contributed by atoms with Crippen LogP contribution in [0.4, 0.5) is 34.1 Å². The number of non-ortho nitro benzene ring substituents is 3. The maximum absolute atomic E-state index is 11.4. The number of benzene rings is 6. The van der Waals surface area contributed by atoms with E-state index in [1.807, 2.05) is 0 Å². The van der Waals surface area contributed by atoms with Gasteiger partial charge in [0.1, 0.15) is 37.1 Å². The number of anilines is 3. The summed E-state index contributed by atoms with van der Waals surface area (Å²) in [6.07, 6.45) is 0. The summed E-state index contributed by atoms with van der Waals surface area (Å²) in [5.74, 6) is 1.39. The molecule has 6 N–H and O–H groups in total. The molecule has 0 spiro atoms. The summed E-state index contributed by atoms with van der Waals surface area (Å²) in [7, 11) is 0. The van der Waals surface area contributed by atoms with Crippen LogP contribution >= 0.6 is 36.7 Å². The van der Waals surface area contributed by atoms with Crippen molar-refractivity contribution in [2.75, 3.05) is 55.4 Å². The standard InChI is InChI=1S/C70H91N9O9S3/c1-65(2,3)43-37-52(59(55(40-43)68(10,11)12)86-34-31-71-62(89)74-46-19-25-49(26-20-46)77(80)81)58(53-38-44(66(4,5)6)41-56(69(13,14)15)60(53)87-35-32-72-63(90)75-47-21-27-50(28-22-47)78(82)83)54-39-45(67(7,8)9)42-57(70(16,17)18)61(54)88-36-33-73-64(91)76-48-23-29-51(30-24-48)79(84)85/h19-30,37-42,58H,31-36H2,1-18H3,(H2,71,74,89)(H2,72,75,90)(H2,73,76,91). The Bertz CT molecular complexity index is 3250. The number of hydrogen-bond donors (Lipinski definition) is 6. The van der Waals surface area contributed by atoms with Gasteiger partial charge in [0.25, 0.3) is 17.1 Å². The molecule has 0 bridgehead atoms. The van der Waals surface area contributed by atoms with Crippen molar-refractivity contribution in [1.82, 2.24) is 16.0 Å². The first kappa shape index (κ1) is 72.1. The number of nitrogens with zero attached hydrogens (tertiary/aromatic N) is 3. The molecule has 0 radical (unpaired) electrons. The molecule has 488 valence electrons. The van der Waals surface area contributed by atoms with E-state index in [4.69, 9.17) is 50.9 Å². The third-order valence-electron chi connectivity index (χ3n) is 15.2. The van der Waals surface area contributed by atoms with Crippen LogP contribution in [0.25, 0.3) is 0 Å². The highest BCUT2D eigenvalue weighted by Gasteiger charge is 2.39. The van der Waals surface area contributed by atoms with Crippen LogP contribution < -0.4 is 46.1 Å². The van der Waals surface area contributed by atoms with Gasteiger partial charge < -0.3 is 46.1 Å². The van der Waals surface area contributed by atoms with E-state index >= 15 is 0 Å². The van der Waals surface area contributed by atoms with Crippen molar-refractivity contribution < 1.29 is 29.0 Å². The van der Waals surface area contributed by atoms with E-state index in [0.717, 1.165) is 50.1 Å². The molecule has 6 aromatic carbocycles. The molecule has 21 heteroatoms. The largest absolute Gasteiger partial charge is 0.491 e. The summed E-state index contributed by atoms with van der Waals surface area (Å²) in [5, 5.41) is 54.6. The highest BCUT2D eigenvalue weighted by atomic mass is 32.1. The highest BCUT2D eigenvalue weighted by Crippen LogP contribution is 2.54. The number of thiocarbonyl (C=S) groups is 3. The Hall–Kier alpha value is -8.01. The van der Waals surface area contributed by atoms with Crippen LogP contribution in [-0.4, -0.2) is 69.6 Å². The van der Waals surface area contributed by atoms with Gasteiger partial charge in [-0.2, -0.15) is 0 Å². The van der Waals surface area contributed by atoms with E-state index in [9.17, 15) is 30.3 Å². The average molecular weight is 1300 g/mol. The molecule has 0 aliphatic heterocycles.